The van der Waals surface area contributed by atoms with Crippen LogP contribution >= 0.6 is 0 Å². The van der Waals surface area contributed by atoms with E-state index in [4.69, 9.17) is 0 Å². The van der Waals surface area contributed by atoms with Gasteiger partial charge in [0, 0.05) is 32.4 Å². The molecular weight excluding hydrogens is 340 g/mol. The van der Waals surface area contributed by atoms with Gasteiger partial charge in [-0.1, -0.05) is 17.7 Å². The molecule has 25 heavy (non-hydrogen) atoms. The molecule has 0 bridgehead atoms. The molecule has 0 spiro atoms. The van der Waals surface area contributed by atoms with E-state index in [1.54, 1.807) is 53.2 Å². The van der Waals surface area contributed by atoms with Gasteiger partial charge in [-0.2, -0.15) is 5.10 Å². The Morgan fingerprint density at radius 2 is 1.80 bits per heavy atom. The number of carbonyl (C=O) groups is 1. The van der Waals surface area contributed by atoms with Gasteiger partial charge in [-0.25, -0.2) is 13.1 Å². The Morgan fingerprint density at radius 3 is 2.36 bits per heavy atom. The Kier molecular flexibility index (Phi) is 4.91. The molecule has 1 amide bonds. The second-order valence-electron chi connectivity index (χ2n) is 6.34. The van der Waals surface area contributed by atoms with Gasteiger partial charge < -0.3 is 4.90 Å². The topological polar surface area (TPSA) is 84.3 Å². The van der Waals surface area contributed by atoms with Gasteiger partial charge in [0.25, 0.3) is 5.91 Å². The molecule has 8 heteroatoms. The number of nitrogens with zero attached hydrogens (tertiary/aromatic N) is 3. The number of hydrogen-bond acceptors (Lipinski definition) is 4. The number of benzene rings is 1. The lowest BCUT2D eigenvalue weighted by molar-refractivity contribution is 0.0700. The molecule has 1 saturated heterocycles. The molecule has 0 atom stereocenters. The summed E-state index contributed by atoms with van der Waals surface area (Å²) in [5, 5.41) is 4.01. The summed E-state index contributed by atoms with van der Waals surface area (Å²) in [5.41, 5.74) is 1.56. The number of carbonyl (C=O) groups excluding carboxylic acids is 1. The number of rotatable bonds is 4. The Hall–Kier alpha value is -2.19. The van der Waals surface area contributed by atoms with Crippen LogP contribution in [0, 0.1) is 6.92 Å². The van der Waals surface area contributed by atoms with Crippen LogP contribution in [0.4, 0.5) is 0 Å². The minimum absolute atomic E-state index is 0.0696. The summed E-state index contributed by atoms with van der Waals surface area (Å²) in [6, 6.07) is 8.31. The largest absolute Gasteiger partial charge is 0.337 e. The van der Waals surface area contributed by atoms with Gasteiger partial charge >= 0.3 is 0 Å². The summed E-state index contributed by atoms with van der Waals surface area (Å²) < 4.78 is 29.2. The highest BCUT2D eigenvalue weighted by Gasteiger charge is 2.28. The second kappa shape index (κ2) is 6.97. The van der Waals surface area contributed by atoms with E-state index in [9.17, 15) is 13.2 Å². The Morgan fingerprint density at radius 1 is 1.16 bits per heavy atom. The van der Waals surface area contributed by atoms with Crippen LogP contribution in [0.1, 0.15) is 28.9 Å². The number of nitrogens with one attached hydrogen (secondary N) is 1. The van der Waals surface area contributed by atoms with E-state index in [1.165, 1.54) is 0 Å². The Balaban J connectivity index is 1.60. The molecule has 7 nitrogen and oxygen atoms in total. The minimum atomic E-state index is -3.53. The first-order chi connectivity index (χ1) is 11.9. The molecule has 1 aromatic carbocycles. The van der Waals surface area contributed by atoms with Crippen molar-refractivity contribution < 1.29 is 13.2 Å². The number of piperidine rings is 1. The van der Waals surface area contributed by atoms with E-state index in [1.807, 2.05) is 6.92 Å². The molecule has 2 aromatic rings. The van der Waals surface area contributed by atoms with Crippen molar-refractivity contribution in [2.24, 2.45) is 7.05 Å². The van der Waals surface area contributed by atoms with Gasteiger partial charge in [-0.15, -0.1) is 0 Å². The van der Waals surface area contributed by atoms with E-state index >= 15 is 0 Å². The van der Waals surface area contributed by atoms with Crippen LogP contribution < -0.4 is 4.72 Å². The van der Waals surface area contributed by atoms with Crippen molar-refractivity contribution in [1.82, 2.24) is 19.4 Å². The molecule has 0 saturated carbocycles. The highest BCUT2D eigenvalue weighted by molar-refractivity contribution is 7.89. The normalized spacial score (nSPS) is 16.2. The van der Waals surface area contributed by atoms with Crippen LogP contribution in [0.3, 0.4) is 0 Å². The number of sulfonamides is 1. The molecule has 1 aliphatic heterocycles. The van der Waals surface area contributed by atoms with Crippen LogP contribution in [-0.2, 0) is 17.1 Å². The second-order valence-corrected chi connectivity index (χ2v) is 8.05. The third-order valence-electron chi connectivity index (χ3n) is 4.48. The van der Waals surface area contributed by atoms with Crippen molar-refractivity contribution in [1.29, 1.82) is 0 Å². The minimum Gasteiger partial charge on any atom is -0.337 e. The fourth-order valence-electron chi connectivity index (χ4n) is 2.95. The van der Waals surface area contributed by atoms with Crippen molar-refractivity contribution in [3.8, 4) is 0 Å². The Labute approximate surface area is 147 Å². The number of aromatic nitrogens is 2. The summed E-state index contributed by atoms with van der Waals surface area (Å²) in [6.07, 6.45) is 2.78. The van der Waals surface area contributed by atoms with Gasteiger partial charge in [0.05, 0.1) is 4.90 Å². The number of hydrogen-bond donors (Lipinski definition) is 1. The van der Waals surface area contributed by atoms with E-state index < -0.39 is 10.0 Å². The zero-order valence-corrected chi connectivity index (χ0v) is 15.2. The standard InChI is InChI=1S/C17H22N4O3S/c1-13-3-5-15(6-4-13)25(23,24)19-14-8-11-21(12-9-14)17(22)16-7-10-18-20(16)2/h3-7,10,14,19H,8-9,11-12H2,1-2H3. The van der Waals surface area contributed by atoms with Crippen LogP contribution in [0.2, 0.25) is 0 Å². The molecular formula is C17H22N4O3S. The highest BCUT2D eigenvalue weighted by Crippen LogP contribution is 2.17. The lowest BCUT2D eigenvalue weighted by Gasteiger charge is -2.32. The quantitative estimate of drug-likeness (QED) is 0.889. The predicted octanol–water partition coefficient (Wildman–Crippen LogP) is 1.31. The van der Waals surface area contributed by atoms with Crippen LogP contribution in [0.25, 0.3) is 0 Å². The van der Waals surface area contributed by atoms with Crippen molar-refractivity contribution in [2.45, 2.75) is 30.7 Å². The first kappa shape index (κ1) is 17.6. The molecule has 0 unspecified atom stereocenters. The third-order valence-corrected chi connectivity index (χ3v) is 6.01. The average molecular weight is 362 g/mol. The summed E-state index contributed by atoms with van der Waals surface area (Å²) in [6.45, 7) is 2.95. The predicted molar refractivity (Wildman–Crippen MR) is 93.6 cm³/mol. The maximum absolute atomic E-state index is 12.5. The zero-order chi connectivity index (χ0) is 18.0. The van der Waals surface area contributed by atoms with E-state index in [-0.39, 0.29) is 16.8 Å². The smallest absolute Gasteiger partial charge is 0.272 e. The molecule has 1 aliphatic rings. The molecule has 1 aromatic heterocycles. The SMILES string of the molecule is Cc1ccc(S(=O)(=O)NC2CCN(C(=O)c3ccnn3C)CC2)cc1. The van der Waals surface area contributed by atoms with Crippen LogP contribution in [0.15, 0.2) is 41.4 Å². The van der Waals surface area contributed by atoms with E-state index in [2.05, 4.69) is 9.82 Å². The number of amides is 1. The first-order valence-corrected chi connectivity index (χ1v) is 9.71. The van der Waals surface area contributed by atoms with Gasteiger partial charge in [0.15, 0.2) is 0 Å². The van der Waals surface area contributed by atoms with Gasteiger partial charge in [-0.05, 0) is 38.0 Å². The van der Waals surface area contributed by atoms with Crippen molar-refractivity contribution in [3.63, 3.8) is 0 Å². The van der Waals surface area contributed by atoms with Crippen molar-refractivity contribution in [3.05, 3.63) is 47.8 Å². The Bertz CT molecular complexity index is 850. The molecule has 2 heterocycles. The van der Waals surface area contributed by atoms with E-state index in [0.29, 0.717) is 31.6 Å². The fourth-order valence-corrected chi connectivity index (χ4v) is 4.26. The molecule has 1 N–H and O–H groups in total. The van der Waals surface area contributed by atoms with Gasteiger partial charge in [-0.3, -0.25) is 9.48 Å². The summed E-state index contributed by atoms with van der Waals surface area (Å²) >= 11 is 0. The van der Waals surface area contributed by atoms with Gasteiger partial charge in [0.1, 0.15) is 5.69 Å². The van der Waals surface area contributed by atoms with Crippen LogP contribution in [-0.4, -0.2) is 48.1 Å². The summed E-state index contributed by atoms with van der Waals surface area (Å²) in [7, 11) is -1.80. The number of aryl methyl sites for hydroxylation is 2. The van der Waals surface area contributed by atoms with Crippen molar-refractivity contribution >= 4 is 15.9 Å². The summed E-state index contributed by atoms with van der Waals surface area (Å²) in [5.74, 6) is -0.0696. The molecule has 0 radical (unpaired) electrons. The highest BCUT2D eigenvalue weighted by atomic mass is 32.2. The molecule has 0 aliphatic carbocycles. The van der Waals surface area contributed by atoms with Crippen molar-refractivity contribution in [2.75, 3.05) is 13.1 Å². The van der Waals surface area contributed by atoms with Crippen LogP contribution in [0.5, 0.6) is 0 Å². The zero-order valence-electron chi connectivity index (χ0n) is 14.3. The lowest BCUT2D eigenvalue weighted by atomic mass is 10.1. The first-order valence-electron chi connectivity index (χ1n) is 8.23. The van der Waals surface area contributed by atoms with E-state index in [0.717, 1.165) is 5.56 Å². The lowest BCUT2D eigenvalue weighted by Crippen LogP contribution is -2.46. The maximum Gasteiger partial charge on any atom is 0.272 e. The molecule has 134 valence electrons. The molecule has 3 rings (SSSR count). The number of likely N-dealkylation sites (tertiary alicyclic amines) is 1. The maximum atomic E-state index is 12.5. The summed E-state index contributed by atoms with van der Waals surface area (Å²) in [4.78, 5) is 14.5. The third kappa shape index (κ3) is 3.91. The molecule has 1 fully saturated rings. The fraction of sp³-hybridized carbons (Fsp3) is 0.412. The average Bonchev–Trinajstić information content (AvgIpc) is 3.01. The van der Waals surface area contributed by atoms with Gasteiger partial charge in [0.2, 0.25) is 10.0 Å². The monoisotopic (exact) mass is 362 g/mol.